The van der Waals surface area contributed by atoms with Crippen molar-refractivity contribution in [3.8, 4) is 0 Å². The third-order valence-corrected chi connectivity index (χ3v) is 4.44. The number of carbonyl (C=O) groups is 1. The second-order valence-electron chi connectivity index (χ2n) is 5.86. The van der Waals surface area contributed by atoms with Gasteiger partial charge in [-0.3, -0.25) is 9.78 Å². The average Bonchev–Trinajstić information content (AvgIpc) is 3.01. The number of hydrogen-bond donors (Lipinski definition) is 0. The number of aryl methyl sites for hydroxylation is 1. The molecule has 110 valence electrons. The third kappa shape index (κ3) is 2.65. The summed E-state index contributed by atoms with van der Waals surface area (Å²) < 4.78 is 0. The fourth-order valence-electron chi connectivity index (χ4n) is 3.42. The standard InChI is InChI=1S/C18H22N2O/c1-3-20(14-8-4-5-9-14)18(21)16-12-13(2)19-17-11-7-6-10-15(16)17/h6-7,10-12,14H,3-5,8-9H2,1-2H3. The van der Waals surface area contributed by atoms with Gasteiger partial charge in [0.2, 0.25) is 0 Å². The molecule has 0 unspecified atom stereocenters. The molecule has 1 saturated carbocycles. The number of rotatable bonds is 3. The Hall–Kier alpha value is -1.90. The molecule has 1 aliphatic carbocycles. The van der Waals surface area contributed by atoms with E-state index in [1.165, 1.54) is 12.8 Å². The SMILES string of the molecule is CCN(C(=O)c1cc(C)nc2ccccc12)C1CCCC1. The summed E-state index contributed by atoms with van der Waals surface area (Å²) in [5.74, 6) is 0.158. The summed E-state index contributed by atoms with van der Waals surface area (Å²) in [5.41, 5.74) is 2.61. The summed E-state index contributed by atoms with van der Waals surface area (Å²) in [7, 11) is 0. The molecule has 1 aliphatic rings. The summed E-state index contributed by atoms with van der Waals surface area (Å²) >= 11 is 0. The van der Waals surface area contributed by atoms with Gasteiger partial charge in [-0.15, -0.1) is 0 Å². The first-order valence-corrected chi connectivity index (χ1v) is 7.88. The Morgan fingerprint density at radius 1 is 1.29 bits per heavy atom. The maximum absolute atomic E-state index is 13.0. The first-order chi connectivity index (χ1) is 10.2. The predicted octanol–water partition coefficient (Wildman–Crippen LogP) is 3.95. The second-order valence-corrected chi connectivity index (χ2v) is 5.86. The van der Waals surface area contributed by atoms with Gasteiger partial charge in [0.25, 0.3) is 5.91 Å². The van der Waals surface area contributed by atoms with Gasteiger partial charge in [-0.2, -0.15) is 0 Å². The number of aromatic nitrogens is 1. The van der Waals surface area contributed by atoms with E-state index in [4.69, 9.17) is 0 Å². The highest BCUT2D eigenvalue weighted by molar-refractivity contribution is 6.06. The highest BCUT2D eigenvalue weighted by Gasteiger charge is 2.27. The molecule has 3 rings (SSSR count). The van der Waals surface area contributed by atoms with E-state index < -0.39 is 0 Å². The van der Waals surface area contributed by atoms with Crippen LogP contribution in [0, 0.1) is 6.92 Å². The Morgan fingerprint density at radius 3 is 2.71 bits per heavy atom. The lowest BCUT2D eigenvalue weighted by molar-refractivity contribution is 0.0695. The van der Waals surface area contributed by atoms with Gasteiger partial charge in [0.05, 0.1) is 11.1 Å². The molecule has 2 aromatic rings. The molecule has 0 atom stereocenters. The monoisotopic (exact) mass is 282 g/mol. The van der Waals surface area contributed by atoms with Crippen LogP contribution in [0.25, 0.3) is 10.9 Å². The number of nitrogens with zero attached hydrogens (tertiary/aromatic N) is 2. The summed E-state index contributed by atoms with van der Waals surface area (Å²) in [6.45, 7) is 4.81. The molecule has 3 heteroatoms. The largest absolute Gasteiger partial charge is 0.336 e. The van der Waals surface area contributed by atoms with Crippen molar-refractivity contribution in [2.75, 3.05) is 6.54 Å². The van der Waals surface area contributed by atoms with Crippen LogP contribution in [0.2, 0.25) is 0 Å². The van der Waals surface area contributed by atoms with Gasteiger partial charge in [0.1, 0.15) is 0 Å². The fraction of sp³-hybridized carbons (Fsp3) is 0.444. The van der Waals surface area contributed by atoms with Crippen LogP contribution in [0.3, 0.4) is 0 Å². The molecule has 1 amide bonds. The van der Waals surface area contributed by atoms with Crippen molar-refractivity contribution >= 4 is 16.8 Å². The summed E-state index contributed by atoms with van der Waals surface area (Å²) in [6.07, 6.45) is 4.76. The molecule has 1 aromatic heterocycles. The lowest BCUT2D eigenvalue weighted by Gasteiger charge is -2.28. The fourth-order valence-corrected chi connectivity index (χ4v) is 3.42. The van der Waals surface area contributed by atoms with Crippen molar-refractivity contribution in [3.63, 3.8) is 0 Å². The van der Waals surface area contributed by atoms with E-state index in [-0.39, 0.29) is 5.91 Å². The van der Waals surface area contributed by atoms with Gasteiger partial charge >= 0.3 is 0 Å². The molecule has 1 heterocycles. The minimum atomic E-state index is 0.158. The van der Waals surface area contributed by atoms with E-state index in [0.29, 0.717) is 6.04 Å². The topological polar surface area (TPSA) is 33.2 Å². The number of pyridine rings is 1. The molecule has 1 fully saturated rings. The maximum Gasteiger partial charge on any atom is 0.254 e. The van der Waals surface area contributed by atoms with E-state index in [1.807, 2.05) is 42.2 Å². The first-order valence-electron chi connectivity index (χ1n) is 7.88. The van der Waals surface area contributed by atoms with Crippen molar-refractivity contribution in [1.29, 1.82) is 0 Å². The normalized spacial score (nSPS) is 15.5. The van der Waals surface area contributed by atoms with Gasteiger partial charge in [0.15, 0.2) is 0 Å². The number of amides is 1. The summed E-state index contributed by atoms with van der Waals surface area (Å²) in [5, 5.41) is 0.963. The Kier molecular flexibility index (Phi) is 3.91. The molecule has 0 N–H and O–H groups in total. The second kappa shape index (κ2) is 5.84. The lowest BCUT2D eigenvalue weighted by atomic mass is 10.0. The van der Waals surface area contributed by atoms with Crippen molar-refractivity contribution in [2.45, 2.75) is 45.6 Å². The minimum absolute atomic E-state index is 0.158. The zero-order chi connectivity index (χ0) is 14.8. The van der Waals surface area contributed by atoms with Crippen LogP contribution in [0.1, 0.15) is 48.7 Å². The molecule has 0 aliphatic heterocycles. The Morgan fingerprint density at radius 2 is 2.00 bits per heavy atom. The lowest BCUT2D eigenvalue weighted by Crippen LogP contribution is -2.38. The van der Waals surface area contributed by atoms with Gasteiger partial charge in [-0.05, 0) is 38.8 Å². The van der Waals surface area contributed by atoms with Gasteiger partial charge < -0.3 is 4.90 Å². The van der Waals surface area contributed by atoms with Crippen LogP contribution in [0.4, 0.5) is 0 Å². The highest BCUT2D eigenvalue weighted by atomic mass is 16.2. The van der Waals surface area contributed by atoms with Crippen LogP contribution >= 0.6 is 0 Å². The van der Waals surface area contributed by atoms with Crippen LogP contribution in [0.15, 0.2) is 30.3 Å². The Bertz CT molecular complexity index is 659. The van der Waals surface area contributed by atoms with E-state index in [1.54, 1.807) is 0 Å². The highest BCUT2D eigenvalue weighted by Crippen LogP contribution is 2.27. The number of fused-ring (bicyclic) bond motifs is 1. The molecule has 0 bridgehead atoms. The molecule has 3 nitrogen and oxygen atoms in total. The van der Waals surface area contributed by atoms with Crippen molar-refractivity contribution in [2.24, 2.45) is 0 Å². The Balaban J connectivity index is 2.03. The van der Waals surface area contributed by atoms with Gasteiger partial charge in [-0.1, -0.05) is 31.0 Å². The smallest absolute Gasteiger partial charge is 0.254 e. The Labute approximate surface area is 126 Å². The first kappa shape index (κ1) is 14.1. The molecule has 1 aromatic carbocycles. The third-order valence-electron chi connectivity index (χ3n) is 4.44. The molecule has 21 heavy (non-hydrogen) atoms. The van der Waals surface area contributed by atoms with E-state index in [9.17, 15) is 4.79 Å². The van der Waals surface area contributed by atoms with E-state index in [0.717, 1.165) is 41.5 Å². The number of carbonyl (C=O) groups excluding carboxylic acids is 1. The van der Waals surface area contributed by atoms with E-state index >= 15 is 0 Å². The predicted molar refractivity (Wildman–Crippen MR) is 85.4 cm³/mol. The number of hydrogen-bond acceptors (Lipinski definition) is 2. The molecule has 0 saturated heterocycles. The van der Waals surface area contributed by atoms with Crippen molar-refractivity contribution in [1.82, 2.24) is 9.88 Å². The molecule has 0 spiro atoms. The molecule has 0 radical (unpaired) electrons. The minimum Gasteiger partial charge on any atom is -0.336 e. The van der Waals surface area contributed by atoms with Gasteiger partial charge in [0, 0.05) is 23.7 Å². The quantitative estimate of drug-likeness (QED) is 0.854. The van der Waals surface area contributed by atoms with Crippen molar-refractivity contribution < 1.29 is 4.79 Å². The number of para-hydroxylation sites is 1. The van der Waals surface area contributed by atoms with Crippen LogP contribution in [-0.4, -0.2) is 28.4 Å². The summed E-state index contributed by atoms with van der Waals surface area (Å²) in [6, 6.07) is 10.3. The van der Waals surface area contributed by atoms with Crippen molar-refractivity contribution in [3.05, 3.63) is 41.6 Å². The van der Waals surface area contributed by atoms with Gasteiger partial charge in [-0.25, -0.2) is 0 Å². The maximum atomic E-state index is 13.0. The zero-order valence-electron chi connectivity index (χ0n) is 12.8. The summed E-state index contributed by atoms with van der Waals surface area (Å²) in [4.78, 5) is 19.6. The van der Waals surface area contributed by atoms with E-state index in [2.05, 4.69) is 11.9 Å². The number of benzene rings is 1. The molecular formula is C18H22N2O. The van der Waals surface area contributed by atoms with Crippen LogP contribution in [0.5, 0.6) is 0 Å². The average molecular weight is 282 g/mol. The van der Waals surface area contributed by atoms with Crippen LogP contribution in [-0.2, 0) is 0 Å². The zero-order valence-corrected chi connectivity index (χ0v) is 12.8. The molecular weight excluding hydrogens is 260 g/mol. The van der Waals surface area contributed by atoms with Crippen LogP contribution < -0.4 is 0 Å².